The third-order valence-electron chi connectivity index (χ3n) is 5.21. The van der Waals surface area contributed by atoms with Gasteiger partial charge in [0, 0.05) is 25.5 Å². The van der Waals surface area contributed by atoms with Crippen LogP contribution in [0.5, 0.6) is 0 Å². The molecule has 5 heterocycles. The van der Waals surface area contributed by atoms with E-state index in [-0.39, 0.29) is 5.54 Å². The van der Waals surface area contributed by atoms with Crippen LogP contribution < -0.4 is 10.2 Å². The zero-order valence-corrected chi connectivity index (χ0v) is 15.8. The van der Waals surface area contributed by atoms with E-state index in [2.05, 4.69) is 53.8 Å². The van der Waals surface area contributed by atoms with Gasteiger partial charge < -0.3 is 10.2 Å². The molecule has 1 aliphatic heterocycles. The molecule has 0 spiro atoms. The van der Waals surface area contributed by atoms with Gasteiger partial charge in [-0.25, -0.2) is 9.61 Å². The molecule has 1 aliphatic rings. The number of hydrogen-bond donors (Lipinski definition) is 2. The molecule has 0 saturated carbocycles. The lowest BCUT2D eigenvalue weighted by molar-refractivity contribution is 0.198. The van der Waals surface area contributed by atoms with Gasteiger partial charge in [-0.2, -0.15) is 15.3 Å². The van der Waals surface area contributed by atoms with Gasteiger partial charge in [0.15, 0.2) is 5.65 Å². The minimum atomic E-state index is -0.322. The van der Waals surface area contributed by atoms with E-state index in [1.807, 2.05) is 35.3 Å². The molecular formula is C18H19N11. The Kier molecular flexibility index (Phi) is 3.90. The molecule has 11 heteroatoms. The molecule has 0 aliphatic carbocycles. The zero-order valence-electron chi connectivity index (χ0n) is 15.8. The first-order chi connectivity index (χ1) is 14.2. The highest BCUT2D eigenvalue weighted by atomic mass is 15.4. The average molecular weight is 389 g/mol. The van der Waals surface area contributed by atoms with Crippen molar-refractivity contribution >= 4 is 23.1 Å². The van der Waals surface area contributed by atoms with E-state index in [4.69, 9.17) is 0 Å². The van der Waals surface area contributed by atoms with Crippen LogP contribution in [0.2, 0.25) is 0 Å². The molecule has 1 saturated heterocycles. The second-order valence-corrected chi connectivity index (χ2v) is 7.11. The summed E-state index contributed by atoms with van der Waals surface area (Å²) in [5.41, 5.74) is 2.41. The van der Waals surface area contributed by atoms with Crippen molar-refractivity contribution in [1.29, 1.82) is 5.26 Å². The molecular weight excluding hydrogens is 370 g/mol. The molecule has 0 amide bonds. The van der Waals surface area contributed by atoms with Crippen LogP contribution in [0.4, 0.5) is 17.5 Å². The number of nitriles is 1. The smallest absolute Gasteiger partial charge is 0.248 e. The Morgan fingerprint density at radius 3 is 2.90 bits per heavy atom. The Balaban J connectivity index is 1.43. The maximum atomic E-state index is 9.39. The molecule has 5 rings (SSSR count). The van der Waals surface area contributed by atoms with Gasteiger partial charge in [-0.3, -0.25) is 4.68 Å². The molecule has 0 unspecified atom stereocenters. The first-order valence-electron chi connectivity index (χ1n) is 9.36. The van der Waals surface area contributed by atoms with E-state index in [0.717, 1.165) is 23.4 Å². The molecule has 0 atom stereocenters. The predicted octanol–water partition coefficient (Wildman–Crippen LogP) is 1.48. The Morgan fingerprint density at radius 1 is 1.28 bits per heavy atom. The number of nitrogens with one attached hydrogen (secondary N) is 2. The summed E-state index contributed by atoms with van der Waals surface area (Å²) >= 11 is 0. The second kappa shape index (κ2) is 6.59. The summed E-state index contributed by atoms with van der Waals surface area (Å²) in [6.45, 7) is 3.45. The third-order valence-corrected chi connectivity index (χ3v) is 5.21. The van der Waals surface area contributed by atoms with Crippen molar-refractivity contribution in [1.82, 2.24) is 39.8 Å². The lowest BCUT2D eigenvalue weighted by atomic mass is 9.86. The fourth-order valence-corrected chi connectivity index (χ4v) is 3.70. The minimum absolute atomic E-state index is 0.322. The summed E-state index contributed by atoms with van der Waals surface area (Å²) in [7, 11) is 0. The summed E-state index contributed by atoms with van der Waals surface area (Å²) < 4.78 is 3.68. The van der Waals surface area contributed by atoms with Gasteiger partial charge in [0.1, 0.15) is 11.4 Å². The molecule has 146 valence electrons. The number of aryl methyl sites for hydroxylation is 1. The van der Waals surface area contributed by atoms with Crippen LogP contribution >= 0.6 is 0 Å². The molecule has 0 radical (unpaired) electrons. The van der Waals surface area contributed by atoms with Crippen molar-refractivity contribution in [2.75, 3.05) is 23.3 Å². The van der Waals surface area contributed by atoms with Crippen LogP contribution in [-0.4, -0.2) is 52.9 Å². The Labute approximate surface area is 166 Å². The van der Waals surface area contributed by atoms with Crippen LogP contribution in [0.3, 0.4) is 0 Å². The quantitative estimate of drug-likeness (QED) is 0.507. The topological polar surface area (TPSA) is 129 Å². The van der Waals surface area contributed by atoms with Crippen molar-refractivity contribution in [2.24, 2.45) is 0 Å². The Bertz CT molecular complexity index is 1170. The van der Waals surface area contributed by atoms with Gasteiger partial charge >= 0.3 is 0 Å². The Hall–Kier alpha value is -3.94. The van der Waals surface area contributed by atoms with Crippen LogP contribution in [0.1, 0.15) is 19.0 Å². The third kappa shape index (κ3) is 2.85. The van der Waals surface area contributed by atoms with Crippen LogP contribution in [0, 0.1) is 11.3 Å². The number of rotatable bonds is 6. The van der Waals surface area contributed by atoms with Crippen LogP contribution in [0.15, 0.2) is 36.8 Å². The number of fused-ring (bicyclic) bond motifs is 1. The SMILES string of the molecule is CCc1ccn(C2(CC#N)CN(c3cccn4nc(Nc5cnn[nH]5)nc34)C2)n1. The summed E-state index contributed by atoms with van der Waals surface area (Å²) in [6.07, 6.45) is 6.67. The van der Waals surface area contributed by atoms with Crippen molar-refractivity contribution in [2.45, 2.75) is 25.3 Å². The highest BCUT2D eigenvalue weighted by Gasteiger charge is 2.46. The van der Waals surface area contributed by atoms with Crippen molar-refractivity contribution in [3.05, 3.63) is 42.5 Å². The molecule has 11 nitrogen and oxygen atoms in total. The van der Waals surface area contributed by atoms with Crippen molar-refractivity contribution in [3.8, 4) is 6.07 Å². The van der Waals surface area contributed by atoms with E-state index >= 15 is 0 Å². The van der Waals surface area contributed by atoms with Crippen LogP contribution in [-0.2, 0) is 12.0 Å². The number of pyridine rings is 1. The van der Waals surface area contributed by atoms with E-state index < -0.39 is 0 Å². The van der Waals surface area contributed by atoms with Gasteiger partial charge in [0.25, 0.3) is 0 Å². The first kappa shape index (κ1) is 17.2. The molecule has 0 bridgehead atoms. The maximum absolute atomic E-state index is 9.39. The fourth-order valence-electron chi connectivity index (χ4n) is 3.70. The van der Waals surface area contributed by atoms with Gasteiger partial charge in [-0.05, 0) is 24.6 Å². The summed E-state index contributed by atoms with van der Waals surface area (Å²) in [5, 5.41) is 31.7. The molecule has 29 heavy (non-hydrogen) atoms. The molecule has 0 aromatic carbocycles. The van der Waals surface area contributed by atoms with Gasteiger partial charge in [-0.1, -0.05) is 12.1 Å². The predicted molar refractivity (Wildman–Crippen MR) is 105 cm³/mol. The lowest BCUT2D eigenvalue weighted by Gasteiger charge is -2.50. The highest BCUT2D eigenvalue weighted by molar-refractivity contribution is 5.72. The second-order valence-electron chi connectivity index (χ2n) is 7.11. The monoisotopic (exact) mass is 389 g/mol. The van der Waals surface area contributed by atoms with Crippen molar-refractivity contribution in [3.63, 3.8) is 0 Å². The fraction of sp³-hybridized carbons (Fsp3) is 0.333. The largest absolute Gasteiger partial charge is 0.363 e. The molecule has 2 N–H and O–H groups in total. The summed E-state index contributed by atoms with van der Waals surface area (Å²) in [5.74, 6) is 1.07. The van der Waals surface area contributed by atoms with Crippen molar-refractivity contribution < 1.29 is 0 Å². The number of anilines is 3. The van der Waals surface area contributed by atoms with E-state index in [1.165, 1.54) is 0 Å². The number of hydrogen-bond acceptors (Lipinski definition) is 8. The van der Waals surface area contributed by atoms with Gasteiger partial charge in [-0.15, -0.1) is 10.2 Å². The zero-order chi connectivity index (χ0) is 19.8. The molecule has 1 fully saturated rings. The highest BCUT2D eigenvalue weighted by Crippen LogP contribution is 2.37. The molecule has 4 aromatic rings. The maximum Gasteiger partial charge on any atom is 0.248 e. The summed E-state index contributed by atoms with van der Waals surface area (Å²) in [6, 6.07) is 8.30. The standard InChI is InChI=1S/C18H19N11/c1-2-13-5-9-29(24-13)18(6-7-19)11-27(12-18)14-4-3-8-28-16(14)22-17(25-28)21-15-10-20-26-23-15/h3-5,8-10H,2,6,11-12H2,1H3,(H2,20,21,23,25,26). The Morgan fingerprint density at radius 2 is 2.17 bits per heavy atom. The first-order valence-corrected chi connectivity index (χ1v) is 9.36. The van der Waals surface area contributed by atoms with Crippen LogP contribution in [0.25, 0.3) is 5.65 Å². The molecule has 4 aromatic heterocycles. The summed E-state index contributed by atoms with van der Waals surface area (Å²) in [4.78, 5) is 6.81. The number of aromatic nitrogens is 8. The average Bonchev–Trinajstić information content (AvgIpc) is 3.44. The minimum Gasteiger partial charge on any atom is -0.363 e. The van der Waals surface area contributed by atoms with Gasteiger partial charge in [0.05, 0.1) is 30.1 Å². The number of nitrogens with zero attached hydrogens (tertiary/aromatic N) is 9. The van der Waals surface area contributed by atoms with Gasteiger partial charge in [0.2, 0.25) is 5.95 Å². The van der Waals surface area contributed by atoms with E-state index in [9.17, 15) is 5.26 Å². The number of H-pyrrole nitrogens is 1. The van der Waals surface area contributed by atoms with E-state index in [1.54, 1.807) is 10.7 Å². The van der Waals surface area contributed by atoms with E-state index in [0.29, 0.717) is 31.3 Å². The normalized spacial score (nSPS) is 15.2. The lowest BCUT2D eigenvalue weighted by Crippen LogP contribution is -2.63. The number of aromatic amines is 1.